The normalized spacial score (nSPS) is 11.1. The number of nitrogens with one attached hydrogen (secondary N) is 1. The number of benzene rings is 2. The lowest BCUT2D eigenvalue weighted by molar-refractivity contribution is 0.0945. The summed E-state index contributed by atoms with van der Waals surface area (Å²) in [5.74, 6) is 0.194. The second kappa shape index (κ2) is 8.11. The standard InChI is InChI=1S/C22H16FN5O2S/c23-17-9-5-4-8-16(17)20-25-22-28(26-20)15(13-31-22)10-11-24-21(29)18-12-19(30-27-18)14-6-2-1-3-7-14/h1-9,12-13H,10-11H2,(H,24,29). The maximum absolute atomic E-state index is 14.0. The fraction of sp³-hybridized carbons (Fsp3) is 0.0909. The van der Waals surface area contributed by atoms with Crippen molar-refractivity contribution in [3.8, 4) is 22.7 Å². The van der Waals surface area contributed by atoms with Gasteiger partial charge in [-0.3, -0.25) is 4.79 Å². The molecule has 5 aromatic rings. The van der Waals surface area contributed by atoms with E-state index >= 15 is 0 Å². The summed E-state index contributed by atoms with van der Waals surface area (Å²) in [6.45, 7) is 0.382. The van der Waals surface area contributed by atoms with Gasteiger partial charge in [0.25, 0.3) is 5.91 Å². The van der Waals surface area contributed by atoms with Gasteiger partial charge in [0, 0.05) is 30.0 Å². The van der Waals surface area contributed by atoms with Gasteiger partial charge in [0.2, 0.25) is 4.96 Å². The van der Waals surface area contributed by atoms with E-state index in [1.54, 1.807) is 28.8 Å². The van der Waals surface area contributed by atoms with Crippen LogP contribution in [0.25, 0.3) is 27.7 Å². The van der Waals surface area contributed by atoms with Crippen molar-refractivity contribution in [2.24, 2.45) is 0 Å². The number of hydrogen-bond donors (Lipinski definition) is 1. The Kier molecular flexibility index (Phi) is 5.01. The number of hydrogen-bond acceptors (Lipinski definition) is 6. The van der Waals surface area contributed by atoms with Gasteiger partial charge in [-0.25, -0.2) is 8.91 Å². The Hall–Kier alpha value is -3.85. The Labute approximate surface area is 180 Å². The van der Waals surface area contributed by atoms with Crippen molar-refractivity contribution in [2.45, 2.75) is 6.42 Å². The van der Waals surface area contributed by atoms with Gasteiger partial charge in [0.15, 0.2) is 17.3 Å². The van der Waals surface area contributed by atoms with E-state index in [4.69, 9.17) is 4.52 Å². The van der Waals surface area contributed by atoms with Gasteiger partial charge in [-0.15, -0.1) is 16.4 Å². The van der Waals surface area contributed by atoms with Gasteiger partial charge in [-0.1, -0.05) is 47.6 Å². The highest BCUT2D eigenvalue weighted by atomic mass is 32.1. The van der Waals surface area contributed by atoms with Crippen LogP contribution in [0.3, 0.4) is 0 Å². The van der Waals surface area contributed by atoms with Crippen LogP contribution in [-0.4, -0.2) is 32.2 Å². The summed E-state index contributed by atoms with van der Waals surface area (Å²) in [5.41, 5.74) is 2.31. The molecule has 2 aromatic carbocycles. The molecule has 9 heteroatoms. The van der Waals surface area contributed by atoms with Crippen molar-refractivity contribution in [1.29, 1.82) is 0 Å². The van der Waals surface area contributed by atoms with Gasteiger partial charge in [-0.05, 0) is 12.1 Å². The lowest BCUT2D eigenvalue weighted by Gasteiger charge is -2.02. The molecule has 0 spiro atoms. The number of carbonyl (C=O) groups is 1. The number of rotatable bonds is 6. The average molecular weight is 433 g/mol. The summed E-state index contributed by atoms with van der Waals surface area (Å²) in [6, 6.07) is 17.5. The molecule has 31 heavy (non-hydrogen) atoms. The minimum absolute atomic E-state index is 0.219. The molecule has 3 aromatic heterocycles. The molecule has 0 saturated carbocycles. The molecule has 154 valence electrons. The van der Waals surface area contributed by atoms with Gasteiger partial charge >= 0.3 is 0 Å². The molecule has 0 aliphatic heterocycles. The summed E-state index contributed by atoms with van der Waals surface area (Å²) in [6.07, 6.45) is 0.537. The zero-order valence-electron chi connectivity index (χ0n) is 16.2. The summed E-state index contributed by atoms with van der Waals surface area (Å²) in [7, 11) is 0. The van der Waals surface area contributed by atoms with Crippen LogP contribution in [0, 0.1) is 5.82 Å². The fourth-order valence-electron chi connectivity index (χ4n) is 3.17. The molecule has 0 aliphatic rings. The Morgan fingerprint density at radius 3 is 2.77 bits per heavy atom. The number of thiazole rings is 1. The van der Waals surface area contributed by atoms with Crippen molar-refractivity contribution in [2.75, 3.05) is 6.54 Å². The van der Waals surface area contributed by atoms with Crippen molar-refractivity contribution in [3.63, 3.8) is 0 Å². The maximum atomic E-state index is 14.0. The van der Waals surface area contributed by atoms with Crippen molar-refractivity contribution in [1.82, 2.24) is 25.1 Å². The first kappa shape index (κ1) is 19.1. The molecule has 3 heterocycles. The summed E-state index contributed by atoms with van der Waals surface area (Å²) < 4.78 is 21.0. The first-order chi connectivity index (χ1) is 15.2. The van der Waals surface area contributed by atoms with E-state index in [9.17, 15) is 9.18 Å². The van der Waals surface area contributed by atoms with E-state index in [0.29, 0.717) is 35.1 Å². The fourth-order valence-corrected chi connectivity index (χ4v) is 4.02. The largest absolute Gasteiger partial charge is 0.355 e. The minimum atomic E-state index is -0.364. The molecule has 0 unspecified atom stereocenters. The Bertz CT molecular complexity index is 1360. The zero-order valence-corrected chi connectivity index (χ0v) is 17.0. The Morgan fingerprint density at radius 2 is 1.94 bits per heavy atom. The quantitative estimate of drug-likeness (QED) is 0.433. The van der Waals surface area contributed by atoms with Crippen LogP contribution in [-0.2, 0) is 6.42 Å². The van der Waals surface area contributed by atoms with E-state index in [0.717, 1.165) is 11.3 Å². The van der Waals surface area contributed by atoms with Crippen molar-refractivity contribution < 1.29 is 13.7 Å². The third-order valence-electron chi connectivity index (χ3n) is 4.73. The lowest BCUT2D eigenvalue weighted by atomic mass is 10.1. The number of aromatic nitrogens is 4. The Morgan fingerprint density at radius 1 is 1.13 bits per heavy atom. The first-order valence-corrected chi connectivity index (χ1v) is 10.5. The maximum Gasteiger partial charge on any atom is 0.273 e. The van der Waals surface area contributed by atoms with E-state index in [1.165, 1.54) is 17.4 Å². The molecular formula is C22H16FN5O2S. The van der Waals surface area contributed by atoms with Gasteiger partial charge in [0.05, 0.1) is 11.3 Å². The van der Waals surface area contributed by atoms with Crippen LogP contribution in [0.1, 0.15) is 16.2 Å². The molecule has 0 bridgehead atoms. The number of fused-ring (bicyclic) bond motifs is 1. The monoisotopic (exact) mass is 433 g/mol. The highest BCUT2D eigenvalue weighted by Crippen LogP contribution is 2.23. The molecular weight excluding hydrogens is 417 g/mol. The molecule has 0 radical (unpaired) electrons. The predicted molar refractivity (Wildman–Crippen MR) is 114 cm³/mol. The topological polar surface area (TPSA) is 85.3 Å². The van der Waals surface area contributed by atoms with Crippen LogP contribution >= 0.6 is 11.3 Å². The van der Waals surface area contributed by atoms with Gasteiger partial charge < -0.3 is 9.84 Å². The van der Waals surface area contributed by atoms with E-state index < -0.39 is 0 Å². The van der Waals surface area contributed by atoms with Crippen LogP contribution < -0.4 is 5.32 Å². The smallest absolute Gasteiger partial charge is 0.273 e. The van der Waals surface area contributed by atoms with E-state index in [-0.39, 0.29) is 17.4 Å². The van der Waals surface area contributed by atoms with E-state index in [1.807, 2.05) is 35.7 Å². The first-order valence-electron chi connectivity index (χ1n) is 9.57. The second-order valence-corrected chi connectivity index (χ2v) is 7.62. The van der Waals surface area contributed by atoms with Gasteiger partial charge in [0.1, 0.15) is 5.82 Å². The zero-order chi connectivity index (χ0) is 21.2. The number of nitrogens with zero attached hydrogens (tertiary/aromatic N) is 4. The van der Waals surface area contributed by atoms with Crippen LogP contribution in [0.4, 0.5) is 4.39 Å². The molecule has 0 saturated heterocycles. The van der Waals surface area contributed by atoms with Crippen LogP contribution in [0.2, 0.25) is 0 Å². The van der Waals surface area contributed by atoms with Crippen molar-refractivity contribution in [3.05, 3.63) is 83.2 Å². The highest BCUT2D eigenvalue weighted by Gasteiger charge is 2.16. The number of amides is 1. The Balaban J connectivity index is 1.25. The van der Waals surface area contributed by atoms with Crippen molar-refractivity contribution >= 4 is 22.2 Å². The van der Waals surface area contributed by atoms with Crippen LogP contribution in [0.15, 0.2) is 70.6 Å². The molecule has 1 N–H and O–H groups in total. The third-order valence-corrected chi connectivity index (χ3v) is 5.60. The predicted octanol–water partition coefficient (Wildman–Crippen LogP) is 4.22. The van der Waals surface area contributed by atoms with E-state index in [2.05, 4.69) is 20.6 Å². The third kappa shape index (κ3) is 3.82. The summed E-state index contributed by atoms with van der Waals surface area (Å²) in [4.78, 5) is 17.5. The molecule has 0 aliphatic carbocycles. The molecule has 0 fully saturated rings. The lowest BCUT2D eigenvalue weighted by Crippen LogP contribution is -2.26. The minimum Gasteiger partial charge on any atom is -0.355 e. The molecule has 0 atom stereocenters. The SMILES string of the molecule is O=C(NCCc1csc2nc(-c3ccccc3F)nn12)c1cc(-c2ccccc2)on1. The number of carbonyl (C=O) groups excluding carboxylic acids is 1. The highest BCUT2D eigenvalue weighted by molar-refractivity contribution is 7.15. The molecule has 1 amide bonds. The average Bonchev–Trinajstić information content (AvgIpc) is 3.52. The summed E-state index contributed by atoms with van der Waals surface area (Å²) in [5, 5.41) is 13.1. The summed E-state index contributed by atoms with van der Waals surface area (Å²) >= 11 is 1.42. The molecule has 7 nitrogen and oxygen atoms in total. The van der Waals surface area contributed by atoms with Crippen LogP contribution in [0.5, 0.6) is 0 Å². The second-order valence-electron chi connectivity index (χ2n) is 6.79. The number of halogens is 1. The molecule has 5 rings (SSSR count). The van der Waals surface area contributed by atoms with Gasteiger partial charge in [-0.2, -0.15) is 4.98 Å².